The molecule has 7 atom stereocenters. The Hall–Kier alpha value is -2.94. The van der Waals surface area contributed by atoms with Crippen LogP contribution in [0.3, 0.4) is 0 Å². The molecule has 0 radical (unpaired) electrons. The number of anilines is 2. The van der Waals surface area contributed by atoms with Crippen molar-refractivity contribution in [3.8, 4) is 0 Å². The van der Waals surface area contributed by atoms with Gasteiger partial charge in [-0.25, -0.2) is 0 Å². The van der Waals surface area contributed by atoms with E-state index in [9.17, 15) is 19.5 Å². The van der Waals surface area contributed by atoms with E-state index in [0.717, 1.165) is 0 Å². The predicted molar refractivity (Wildman–Crippen MR) is 149 cm³/mol. The Morgan fingerprint density at radius 2 is 1.77 bits per heavy atom. The van der Waals surface area contributed by atoms with Gasteiger partial charge in [-0.05, 0) is 49.4 Å². The van der Waals surface area contributed by atoms with Gasteiger partial charge in [0.05, 0.1) is 40.8 Å². The summed E-state index contributed by atoms with van der Waals surface area (Å²) in [6.45, 7) is 5.59. The Morgan fingerprint density at radius 1 is 1.08 bits per heavy atom. The van der Waals surface area contributed by atoms with E-state index in [1.807, 2.05) is 39.0 Å². The zero-order valence-corrected chi connectivity index (χ0v) is 23.3. The highest BCUT2D eigenvalue weighted by Crippen LogP contribution is 2.64. The fourth-order valence-corrected chi connectivity index (χ4v) is 7.21. The maximum Gasteiger partial charge on any atom is 0.250 e. The van der Waals surface area contributed by atoms with Gasteiger partial charge in [0.15, 0.2) is 0 Å². The first-order valence-electron chi connectivity index (χ1n) is 13.8. The summed E-state index contributed by atoms with van der Waals surface area (Å²) in [6, 6.07) is 14.4. The number of halogens is 1. The summed E-state index contributed by atoms with van der Waals surface area (Å²) in [5.41, 5.74) is -0.998. The van der Waals surface area contributed by atoms with Crippen LogP contribution < -0.4 is 10.6 Å². The highest BCUT2D eigenvalue weighted by Gasteiger charge is 2.79. The molecule has 3 fully saturated rings. The average molecular weight is 554 g/mol. The van der Waals surface area contributed by atoms with Crippen LogP contribution in [0.4, 0.5) is 11.4 Å². The zero-order chi connectivity index (χ0) is 27.9. The van der Waals surface area contributed by atoms with Gasteiger partial charge in [-0.2, -0.15) is 0 Å². The van der Waals surface area contributed by atoms with E-state index in [0.29, 0.717) is 42.1 Å². The van der Waals surface area contributed by atoms with Crippen molar-refractivity contribution >= 4 is 40.7 Å². The van der Waals surface area contributed by atoms with E-state index < -0.39 is 41.0 Å². The molecule has 3 aliphatic rings. The molecule has 3 heterocycles. The third kappa shape index (κ3) is 4.33. The van der Waals surface area contributed by atoms with Crippen LogP contribution in [0.15, 0.2) is 54.6 Å². The lowest BCUT2D eigenvalue weighted by molar-refractivity contribution is -0.149. The van der Waals surface area contributed by atoms with E-state index in [2.05, 4.69) is 10.6 Å². The van der Waals surface area contributed by atoms with Gasteiger partial charge in [-0.1, -0.05) is 69.1 Å². The molecule has 2 bridgehead atoms. The van der Waals surface area contributed by atoms with Crippen molar-refractivity contribution in [3.05, 3.63) is 59.6 Å². The van der Waals surface area contributed by atoms with Crippen molar-refractivity contribution in [2.75, 3.05) is 17.2 Å². The summed E-state index contributed by atoms with van der Waals surface area (Å²) < 4.78 is 6.80. The molecule has 5 rings (SSSR count). The van der Waals surface area contributed by atoms with Crippen LogP contribution >= 0.6 is 11.6 Å². The standard InChI is InChI=1S/C30H36ClN3O5/c1-4-18(3)22(17-35)34-25(27(37)33-21-14-10-9-13-20(21)31)30-16-15-29(5-2,39-30)23(24(30)28(34)38)26(36)32-19-11-7-6-8-12-19/h6-14,18,22-25,35H,4-5,15-17H2,1-3H3,(H,32,36)(H,33,37)/t18-,22-,23-,24-,25?,29+,30?/m0/s1. The monoisotopic (exact) mass is 553 g/mol. The van der Waals surface area contributed by atoms with Crippen molar-refractivity contribution in [1.29, 1.82) is 0 Å². The van der Waals surface area contributed by atoms with Gasteiger partial charge in [-0.3, -0.25) is 14.4 Å². The lowest BCUT2D eigenvalue weighted by Gasteiger charge is -2.39. The fraction of sp³-hybridized carbons (Fsp3) is 0.500. The van der Waals surface area contributed by atoms with Crippen LogP contribution in [-0.4, -0.2) is 57.6 Å². The highest BCUT2D eigenvalue weighted by atomic mass is 35.5. The smallest absolute Gasteiger partial charge is 0.250 e. The zero-order valence-electron chi connectivity index (χ0n) is 22.5. The normalized spacial score (nSPS) is 30.6. The van der Waals surface area contributed by atoms with E-state index in [-0.39, 0.29) is 24.3 Å². The molecule has 208 valence electrons. The molecule has 0 aromatic heterocycles. The van der Waals surface area contributed by atoms with E-state index in [1.165, 1.54) is 4.90 Å². The van der Waals surface area contributed by atoms with Crippen LogP contribution in [0.25, 0.3) is 0 Å². The van der Waals surface area contributed by atoms with Crippen LogP contribution in [-0.2, 0) is 19.1 Å². The van der Waals surface area contributed by atoms with Crippen molar-refractivity contribution in [1.82, 2.24) is 4.90 Å². The summed E-state index contributed by atoms with van der Waals surface area (Å²) in [5.74, 6) is -2.76. The molecule has 0 aliphatic carbocycles. The second-order valence-electron chi connectivity index (χ2n) is 11.0. The lowest BCUT2D eigenvalue weighted by Crippen LogP contribution is -2.57. The van der Waals surface area contributed by atoms with Crippen LogP contribution in [0.5, 0.6) is 0 Å². The Labute approximate surface area is 234 Å². The Balaban J connectivity index is 1.59. The summed E-state index contributed by atoms with van der Waals surface area (Å²) >= 11 is 6.36. The molecular formula is C30H36ClN3O5. The number of amides is 3. The number of ether oxygens (including phenoxy) is 1. The molecule has 2 aromatic carbocycles. The molecule has 3 amide bonds. The maximum atomic E-state index is 14.4. The van der Waals surface area contributed by atoms with Crippen LogP contribution in [0.2, 0.25) is 5.02 Å². The second-order valence-corrected chi connectivity index (χ2v) is 11.4. The minimum Gasteiger partial charge on any atom is -0.394 e. The quantitative estimate of drug-likeness (QED) is 0.424. The lowest BCUT2D eigenvalue weighted by atomic mass is 9.65. The van der Waals surface area contributed by atoms with Gasteiger partial charge >= 0.3 is 0 Å². The molecule has 3 N–H and O–H groups in total. The number of hydrogen-bond acceptors (Lipinski definition) is 5. The minimum absolute atomic E-state index is 0.0845. The van der Waals surface area contributed by atoms with Gasteiger partial charge < -0.3 is 25.4 Å². The summed E-state index contributed by atoms with van der Waals surface area (Å²) in [4.78, 5) is 43.9. The number of nitrogens with zero attached hydrogens (tertiary/aromatic N) is 1. The van der Waals surface area contributed by atoms with Gasteiger partial charge in [-0.15, -0.1) is 0 Å². The third-order valence-electron chi connectivity index (χ3n) is 9.17. The van der Waals surface area contributed by atoms with Crippen LogP contribution in [0.1, 0.15) is 46.5 Å². The SMILES string of the molecule is CC[C@H](C)[C@H](CO)N1C(=O)[C@@H]2[C@@H](C(=O)Nc3ccccc3)[C@@]3(CC)CCC2(O3)C1C(=O)Nc1ccccc1Cl. The van der Waals surface area contributed by atoms with Crippen molar-refractivity contribution in [2.24, 2.45) is 17.8 Å². The molecule has 0 saturated carbocycles. The number of fused-ring (bicyclic) bond motifs is 1. The van der Waals surface area contributed by atoms with Crippen molar-refractivity contribution in [3.63, 3.8) is 0 Å². The number of para-hydroxylation sites is 2. The molecule has 2 aromatic rings. The van der Waals surface area contributed by atoms with Gasteiger partial charge in [0, 0.05) is 5.69 Å². The summed E-state index contributed by atoms with van der Waals surface area (Å²) in [5, 5.41) is 16.7. The largest absolute Gasteiger partial charge is 0.394 e. The highest BCUT2D eigenvalue weighted by molar-refractivity contribution is 6.33. The number of aliphatic hydroxyl groups is 1. The Bertz CT molecular complexity index is 1260. The number of nitrogens with one attached hydrogen (secondary N) is 2. The number of carbonyl (C=O) groups excluding carboxylic acids is 3. The average Bonchev–Trinajstić information content (AvgIpc) is 3.54. The summed E-state index contributed by atoms with van der Waals surface area (Å²) in [6.07, 6.45) is 2.24. The van der Waals surface area contributed by atoms with Crippen molar-refractivity contribution < 1.29 is 24.2 Å². The Kier molecular flexibility index (Phi) is 7.48. The molecule has 9 heteroatoms. The molecule has 8 nitrogen and oxygen atoms in total. The molecule has 1 spiro atoms. The number of aliphatic hydroxyl groups excluding tert-OH is 1. The number of benzene rings is 2. The minimum atomic E-state index is -1.20. The van der Waals surface area contributed by atoms with E-state index in [4.69, 9.17) is 16.3 Å². The topological polar surface area (TPSA) is 108 Å². The fourth-order valence-electron chi connectivity index (χ4n) is 7.03. The first kappa shape index (κ1) is 27.6. The predicted octanol–water partition coefficient (Wildman–Crippen LogP) is 4.48. The van der Waals surface area contributed by atoms with Gasteiger partial charge in [0.1, 0.15) is 11.6 Å². The van der Waals surface area contributed by atoms with E-state index in [1.54, 1.807) is 36.4 Å². The first-order valence-corrected chi connectivity index (χ1v) is 14.1. The van der Waals surface area contributed by atoms with Crippen LogP contribution in [0, 0.1) is 17.8 Å². The van der Waals surface area contributed by atoms with Crippen molar-refractivity contribution in [2.45, 2.75) is 69.7 Å². The molecule has 39 heavy (non-hydrogen) atoms. The third-order valence-corrected chi connectivity index (χ3v) is 9.50. The van der Waals surface area contributed by atoms with Gasteiger partial charge in [0.2, 0.25) is 17.7 Å². The maximum absolute atomic E-state index is 14.4. The number of hydrogen-bond donors (Lipinski definition) is 3. The second kappa shape index (κ2) is 10.6. The number of carbonyl (C=O) groups is 3. The first-order chi connectivity index (χ1) is 18.7. The number of rotatable bonds is 9. The van der Waals surface area contributed by atoms with E-state index >= 15 is 0 Å². The molecule has 3 saturated heterocycles. The Morgan fingerprint density at radius 3 is 2.41 bits per heavy atom. The molecule has 3 aliphatic heterocycles. The number of likely N-dealkylation sites (tertiary alicyclic amines) is 1. The summed E-state index contributed by atoms with van der Waals surface area (Å²) in [7, 11) is 0. The molecular weight excluding hydrogens is 518 g/mol. The van der Waals surface area contributed by atoms with Gasteiger partial charge in [0.25, 0.3) is 0 Å². The molecule has 2 unspecified atom stereocenters.